The summed E-state index contributed by atoms with van der Waals surface area (Å²) >= 11 is 0. The van der Waals surface area contributed by atoms with Crippen molar-refractivity contribution in [2.45, 2.75) is 51.8 Å². The van der Waals surface area contributed by atoms with Crippen LogP contribution >= 0.6 is 0 Å². The van der Waals surface area contributed by atoms with Crippen LogP contribution in [0.2, 0.25) is 0 Å². The molecule has 2 aromatic rings. The number of nitrogens with zero attached hydrogens (tertiary/aromatic N) is 7. The summed E-state index contributed by atoms with van der Waals surface area (Å²) in [6.07, 6.45) is 5.17. The first-order valence-corrected chi connectivity index (χ1v) is 8.58. The normalized spacial score (nSPS) is 18.8. The zero-order chi connectivity index (χ0) is 16.8. The van der Waals surface area contributed by atoms with Crippen molar-refractivity contribution in [3.63, 3.8) is 0 Å². The molecule has 8 heteroatoms. The van der Waals surface area contributed by atoms with Crippen LogP contribution in [0.4, 0.5) is 0 Å². The molecule has 3 rings (SSSR count). The van der Waals surface area contributed by atoms with E-state index in [4.69, 9.17) is 4.74 Å². The van der Waals surface area contributed by atoms with Gasteiger partial charge in [-0.1, -0.05) is 6.92 Å². The van der Waals surface area contributed by atoms with Gasteiger partial charge in [-0.15, -0.1) is 5.10 Å². The van der Waals surface area contributed by atoms with Gasteiger partial charge in [0.05, 0.1) is 6.54 Å². The number of rotatable bonds is 7. The van der Waals surface area contributed by atoms with E-state index in [9.17, 15) is 0 Å². The van der Waals surface area contributed by atoms with Crippen LogP contribution in [0, 0.1) is 0 Å². The Morgan fingerprint density at radius 1 is 1.38 bits per heavy atom. The zero-order valence-corrected chi connectivity index (χ0v) is 14.4. The average Bonchev–Trinajstić information content (AvgIpc) is 3.03. The highest BCUT2D eigenvalue weighted by Gasteiger charge is 2.24. The Labute approximate surface area is 142 Å². The Bertz CT molecular complexity index is 645. The molecule has 2 aromatic heterocycles. The van der Waals surface area contributed by atoms with E-state index in [1.165, 1.54) is 0 Å². The van der Waals surface area contributed by atoms with Gasteiger partial charge in [-0.3, -0.25) is 4.90 Å². The highest BCUT2D eigenvalue weighted by atomic mass is 16.5. The number of ether oxygens (including phenoxy) is 1. The zero-order valence-electron chi connectivity index (χ0n) is 14.4. The molecule has 1 aliphatic rings. The smallest absolute Gasteiger partial charge is 0.165 e. The number of hydrogen-bond donors (Lipinski definition) is 0. The minimum atomic E-state index is 0.424. The van der Waals surface area contributed by atoms with Gasteiger partial charge in [-0.05, 0) is 42.3 Å². The fraction of sp³-hybridized carbons (Fsp3) is 0.688. The fourth-order valence-electron chi connectivity index (χ4n) is 3.20. The predicted molar refractivity (Wildman–Crippen MR) is 88.1 cm³/mol. The first-order chi connectivity index (χ1) is 11.8. The second-order valence-corrected chi connectivity index (χ2v) is 6.22. The molecule has 0 aromatic carbocycles. The Morgan fingerprint density at radius 3 is 3.12 bits per heavy atom. The number of tetrazole rings is 1. The van der Waals surface area contributed by atoms with E-state index in [0.29, 0.717) is 12.5 Å². The van der Waals surface area contributed by atoms with Gasteiger partial charge in [-0.2, -0.15) is 0 Å². The quantitative estimate of drug-likeness (QED) is 0.758. The number of hydrogen-bond acceptors (Lipinski definition) is 7. The van der Waals surface area contributed by atoms with Crippen LogP contribution in [-0.4, -0.2) is 55.3 Å². The summed E-state index contributed by atoms with van der Waals surface area (Å²) in [6.45, 7) is 6.30. The molecule has 0 saturated carbocycles. The third-order valence-corrected chi connectivity index (χ3v) is 4.33. The van der Waals surface area contributed by atoms with Gasteiger partial charge in [0.15, 0.2) is 11.6 Å². The van der Waals surface area contributed by atoms with Gasteiger partial charge in [0.2, 0.25) is 0 Å². The molecule has 1 aliphatic heterocycles. The van der Waals surface area contributed by atoms with Crippen molar-refractivity contribution in [3.05, 3.63) is 29.6 Å². The molecule has 0 aliphatic carbocycles. The van der Waals surface area contributed by atoms with Crippen molar-refractivity contribution in [1.82, 2.24) is 35.1 Å². The monoisotopic (exact) mass is 331 g/mol. The van der Waals surface area contributed by atoms with E-state index in [1.54, 1.807) is 7.11 Å². The van der Waals surface area contributed by atoms with Gasteiger partial charge in [0.1, 0.15) is 6.61 Å². The van der Waals surface area contributed by atoms with Crippen LogP contribution in [0.15, 0.2) is 12.3 Å². The van der Waals surface area contributed by atoms with Crippen LogP contribution in [0.25, 0.3) is 0 Å². The maximum atomic E-state index is 5.14. The molecule has 0 bridgehead atoms. The van der Waals surface area contributed by atoms with Crippen LogP contribution in [0.3, 0.4) is 0 Å². The van der Waals surface area contributed by atoms with Gasteiger partial charge in [0.25, 0.3) is 0 Å². The van der Waals surface area contributed by atoms with Crippen LogP contribution in [0.1, 0.15) is 49.4 Å². The molecular formula is C16H25N7O. The highest BCUT2D eigenvalue weighted by molar-refractivity contribution is 5.10. The molecule has 1 fully saturated rings. The van der Waals surface area contributed by atoms with Crippen molar-refractivity contribution < 1.29 is 4.74 Å². The fourth-order valence-corrected chi connectivity index (χ4v) is 3.20. The third-order valence-electron chi connectivity index (χ3n) is 4.33. The lowest BCUT2D eigenvalue weighted by molar-refractivity contribution is 0.175. The SMILES string of the molecule is CCCn1nnnc1CN1CCC[C@H](c2ccnc(COC)n2)C1. The molecule has 3 heterocycles. The molecule has 1 saturated heterocycles. The Morgan fingerprint density at radius 2 is 2.29 bits per heavy atom. The van der Waals surface area contributed by atoms with E-state index in [0.717, 1.165) is 62.8 Å². The standard InChI is InChI=1S/C16H25N7O/c1-3-8-23-16(19-20-21-23)11-22-9-4-5-13(10-22)14-6-7-17-15(18-14)12-24-2/h6-7,13H,3-5,8-12H2,1-2H3/t13-/m0/s1. The molecular weight excluding hydrogens is 306 g/mol. The lowest BCUT2D eigenvalue weighted by Crippen LogP contribution is -2.35. The number of aryl methyl sites for hydroxylation is 1. The second-order valence-electron chi connectivity index (χ2n) is 6.22. The molecule has 0 unspecified atom stereocenters. The molecule has 24 heavy (non-hydrogen) atoms. The second kappa shape index (κ2) is 8.25. The molecule has 8 nitrogen and oxygen atoms in total. The maximum absolute atomic E-state index is 5.14. The van der Waals surface area contributed by atoms with Crippen molar-refractivity contribution in [3.8, 4) is 0 Å². The Hall–Kier alpha value is -1.93. The topological polar surface area (TPSA) is 81.9 Å². The van der Waals surface area contributed by atoms with Gasteiger partial charge in [0, 0.05) is 38.0 Å². The summed E-state index contributed by atoms with van der Waals surface area (Å²) < 4.78 is 7.05. The average molecular weight is 331 g/mol. The van der Waals surface area contributed by atoms with Gasteiger partial charge < -0.3 is 4.74 Å². The van der Waals surface area contributed by atoms with Gasteiger partial charge >= 0.3 is 0 Å². The van der Waals surface area contributed by atoms with E-state index in [-0.39, 0.29) is 0 Å². The van der Waals surface area contributed by atoms with Gasteiger partial charge in [-0.25, -0.2) is 14.6 Å². The number of methoxy groups -OCH3 is 1. The highest BCUT2D eigenvalue weighted by Crippen LogP contribution is 2.26. The Kier molecular flexibility index (Phi) is 5.81. The molecule has 130 valence electrons. The van der Waals surface area contributed by atoms with E-state index >= 15 is 0 Å². The van der Waals surface area contributed by atoms with E-state index in [2.05, 4.69) is 37.3 Å². The molecule has 0 radical (unpaired) electrons. The van der Waals surface area contributed by atoms with Crippen LogP contribution in [0.5, 0.6) is 0 Å². The maximum Gasteiger partial charge on any atom is 0.165 e. The largest absolute Gasteiger partial charge is 0.377 e. The summed E-state index contributed by atoms with van der Waals surface area (Å²) in [7, 11) is 1.67. The summed E-state index contributed by atoms with van der Waals surface area (Å²) in [5.41, 5.74) is 1.11. The molecule has 0 N–H and O–H groups in total. The first-order valence-electron chi connectivity index (χ1n) is 8.58. The summed E-state index contributed by atoms with van der Waals surface area (Å²) in [6, 6.07) is 2.02. The predicted octanol–water partition coefficient (Wildman–Crippen LogP) is 1.40. The van der Waals surface area contributed by atoms with Crippen molar-refractivity contribution in [2.75, 3.05) is 20.2 Å². The van der Waals surface area contributed by atoms with Crippen LogP contribution in [-0.2, 0) is 24.4 Å². The molecule has 0 amide bonds. The lowest BCUT2D eigenvalue weighted by Gasteiger charge is -2.32. The first kappa shape index (κ1) is 16.9. The lowest BCUT2D eigenvalue weighted by atomic mass is 9.94. The Balaban J connectivity index is 1.65. The summed E-state index contributed by atoms with van der Waals surface area (Å²) in [5.74, 6) is 2.12. The van der Waals surface area contributed by atoms with E-state index in [1.807, 2.05) is 16.9 Å². The van der Waals surface area contributed by atoms with Crippen molar-refractivity contribution in [1.29, 1.82) is 0 Å². The number of piperidine rings is 1. The molecule has 0 spiro atoms. The minimum absolute atomic E-state index is 0.424. The van der Waals surface area contributed by atoms with Crippen molar-refractivity contribution in [2.24, 2.45) is 0 Å². The van der Waals surface area contributed by atoms with Crippen LogP contribution < -0.4 is 0 Å². The summed E-state index contributed by atoms with van der Waals surface area (Å²) in [5, 5.41) is 12.1. The number of likely N-dealkylation sites (tertiary alicyclic amines) is 1. The minimum Gasteiger partial charge on any atom is -0.377 e. The van der Waals surface area contributed by atoms with Crippen molar-refractivity contribution >= 4 is 0 Å². The van der Waals surface area contributed by atoms with E-state index < -0.39 is 0 Å². The third kappa shape index (κ3) is 4.12. The molecule has 1 atom stereocenters. The summed E-state index contributed by atoms with van der Waals surface area (Å²) in [4.78, 5) is 11.3. The number of aromatic nitrogens is 6.